The molecule has 2 N–H and O–H groups in total. The quantitative estimate of drug-likeness (QED) is 0.886. The number of anilines is 2. The second kappa shape index (κ2) is 6.10. The highest BCUT2D eigenvalue weighted by Gasteiger charge is 2.31. The van der Waals surface area contributed by atoms with Crippen LogP contribution in [0.25, 0.3) is 0 Å². The third-order valence-electron chi connectivity index (χ3n) is 4.10. The molecule has 2 aliphatic heterocycles. The monoisotopic (exact) mass is 296 g/mol. The van der Waals surface area contributed by atoms with Gasteiger partial charge in [0.2, 0.25) is 17.2 Å². The van der Waals surface area contributed by atoms with Crippen LogP contribution in [0.4, 0.5) is 11.9 Å². The van der Waals surface area contributed by atoms with Gasteiger partial charge < -0.3 is 15.5 Å². The molecule has 3 rings (SSSR count). The summed E-state index contributed by atoms with van der Waals surface area (Å²) in [5.74, 6) is 1.12. The van der Waals surface area contributed by atoms with Crippen LogP contribution in [-0.4, -0.2) is 51.6 Å². The third kappa shape index (κ3) is 3.12. The summed E-state index contributed by atoms with van der Waals surface area (Å²) in [4.78, 5) is 15.2. The Labute approximate surface area is 124 Å². The fourth-order valence-electron chi connectivity index (χ4n) is 3.19. The van der Waals surface area contributed by atoms with Crippen LogP contribution in [0.2, 0.25) is 5.28 Å². The Morgan fingerprint density at radius 3 is 2.90 bits per heavy atom. The van der Waals surface area contributed by atoms with E-state index in [2.05, 4.69) is 30.5 Å². The SMILES string of the molecule is CCNc1nc(Cl)nc(NC2CCN3CCCC3C2)n1. The van der Waals surface area contributed by atoms with E-state index in [0.717, 1.165) is 19.0 Å². The highest BCUT2D eigenvalue weighted by atomic mass is 35.5. The van der Waals surface area contributed by atoms with Crippen molar-refractivity contribution in [3.8, 4) is 0 Å². The van der Waals surface area contributed by atoms with Crippen LogP contribution in [0.5, 0.6) is 0 Å². The molecule has 0 bridgehead atoms. The molecule has 0 amide bonds. The predicted octanol–water partition coefficient (Wildman–Crippen LogP) is 2.00. The minimum absolute atomic E-state index is 0.233. The van der Waals surface area contributed by atoms with Crippen molar-refractivity contribution < 1.29 is 0 Å². The first-order chi connectivity index (χ1) is 9.74. The number of halogens is 1. The summed E-state index contributed by atoms with van der Waals surface area (Å²) in [6.07, 6.45) is 4.95. The fraction of sp³-hybridized carbons (Fsp3) is 0.769. The maximum atomic E-state index is 5.94. The summed E-state index contributed by atoms with van der Waals surface area (Å²) in [6, 6.07) is 1.16. The molecule has 2 atom stereocenters. The summed E-state index contributed by atoms with van der Waals surface area (Å²) < 4.78 is 0. The average Bonchev–Trinajstić information content (AvgIpc) is 2.85. The Balaban J connectivity index is 1.65. The number of fused-ring (bicyclic) bond motifs is 1. The molecule has 2 unspecified atom stereocenters. The third-order valence-corrected chi connectivity index (χ3v) is 4.27. The number of hydrogen-bond acceptors (Lipinski definition) is 6. The fourth-order valence-corrected chi connectivity index (χ4v) is 3.35. The van der Waals surface area contributed by atoms with E-state index in [1.165, 1.54) is 32.4 Å². The zero-order valence-electron chi connectivity index (χ0n) is 11.8. The second-order valence-corrected chi connectivity index (χ2v) is 5.82. The van der Waals surface area contributed by atoms with E-state index in [4.69, 9.17) is 11.6 Å². The summed E-state index contributed by atoms with van der Waals surface area (Å²) in [6.45, 7) is 5.20. The normalized spacial score (nSPS) is 26.3. The lowest BCUT2D eigenvalue weighted by molar-refractivity contribution is 0.188. The van der Waals surface area contributed by atoms with Crippen molar-refractivity contribution in [1.29, 1.82) is 0 Å². The van der Waals surface area contributed by atoms with E-state index in [-0.39, 0.29) is 5.28 Å². The van der Waals surface area contributed by atoms with Gasteiger partial charge in [-0.25, -0.2) is 0 Å². The molecule has 3 heterocycles. The first-order valence-electron chi connectivity index (χ1n) is 7.40. The van der Waals surface area contributed by atoms with Crippen LogP contribution in [0, 0.1) is 0 Å². The van der Waals surface area contributed by atoms with Gasteiger partial charge in [0.1, 0.15) is 0 Å². The molecule has 0 spiro atoms. The minimum atomic E-state index is 0.233. The molecule has 2 fully saturated rings. The van der Waals surface area contributed by atoms with E-state index >= 15 is 0 Å². The largest absolute Gasteiger partial charge is 0.354 e. The second-order valence-electron chi connectivity index (χ2n) is 5.48. The Kier molecular flexibility index (Phi) is 4.21. The van der Waals surface area contributed by atoms with Crippen molar-refractivity contribution in [3.05, 3.63) is 5.28 Å². The molecule has 0 radical (unpaired) electrons. The first kappa shape index (κ1) is 13.8. The van der Waals surface area contributed by atoms with Gasteiger partial charge in [-0.05, 0) is 50.8 Å². The molecule has 0 saturated carbocycles. The number of nitrogens with one attached hydrogen (secondary N) is 2. The molecule has 2 aliphatic rings. The molecule has 0 aromatic carbocycles. The van der Waals surface area contributed by atoms with Gasteiger partial charge >= 0.3 is 0 Å². The highest BCUT2D eigenvalue weighted by Crippen LogP contribution is 2.28. The minimum Gasteiger partial charge on any atom is -0.354 e. The number of hydrogen-bond donors (Lipinski definition) is 2. The molecule has 2 saturated heterocycles. The van der Waals surface area contributed by atoms with Crippen LogP contribution < -0.4 is 10.6 Å². The summed E-state index contributed by atoms with van der Waals surface area (Å²) in [7, 11) is 0. The zero-order chi connectivity index (χ0) is 13.9. The van der Waals surface area contributed by atoms with E-state index < -0.39 is 0 Å². The maximum absolute atomic E-state index is 5.94. The molecule has 0 aliphatic carbocycles. The van der Waals surface area contributed by atoms with Gasteiger partial charge in [0.25, 0.3) is 0 Å². The number of aromatic nitrogens is 3. The average molecular weight is 297 g/mol. The van der Waals surface area contributed by atoms with Gasteiger partial charge in [-0.1, -0.05) is 0 Å². The van der Waals surface area contributed by atoms with E-state index in [9.17, 15) is 0 Å². The smallest absolute Gasteiger partial charge is 0.229 e. The van der Waals surface area contributed by atoms with Crippen molar-refractivity contribution in [3.63, 3.8) is 0 Å². The Hall–Kier alpha value is -1.14. The van der Waals surface area contributed by atoms with Gasteiger partial charge in [-0.3, -0.25) is 0 Å². The van der Waals surface area contributed by atoms with Crippen molar-refractivity contribution in [2.75, 3.05) is 30.3 Å². The van der Waals surface area contributed by atoms with Gasteiger partial charge in [0.15, 0.2) is 0 Å². The predicted molar refractivity (Wildman–Crippen MR) is 80.2 cm³/mol. The van der Waals surface area contributed by atoms with Gasteiger partial charge in [-0.15, -0.1) is 0 Å². The van der Waals surface area contributed by atoms with Gasteiger partial charge in [0.05, 0.1) is 0 Å². The number of piperidine rings is 1. The zero-order valence-corrected chi connectivity index (χ0v) is 12.5. The highest BCUT2D eigenvalue weighted by molar-refractivity contribution is 6.28. The van der Waals surface area contributed by atoms with Crippen LogP contribution in [0.3, 0.4) is 0 Å². The molecular weight excluding hydrogens is 276 g/mol. The standard InChI is InChI=1S/C13H21ClN6/c1-2-15-12-17-11(14)18-13(19-12)16-9-5-7-20-6-3-4-10(20)8-9/h9-10H,2-8H2,1H3,(H2,15,16,17,18,19). The molecule has 7 heteroatoms. The van der Waals surface area contributed by atoms with Crippen LogP contribution in [0.1, 0.15) is 32.6 Å². The van der Waals surface area contributed by atoms with E-state index in [0.29, 0.717) is 17.9 Å². The van der Waals surface area contributed by atoms with Crippen LogP contribution in [-0.2, 0) is 0 Å². The van der Waals surface area contributed by atoms with Crippen molar-refractivity contribution in [2.24, 2.45) is 0 Å². The van der Waals surface area contributed by atoms with E-state index in [1.54, 1.807) is 0 Å². The van der Waals surface area contributed by atoms with Gasteiger partial charge in [-0.2, -0.15) is 15.0 Å². The van der Waals surface area contributed by atoms with E-state index in [1.807, 2.05) is 6.92 Å². The Bertz CT molecular complexity index is 468. The Morgan fingerprint density at radius 2 is 2.05 bits per heavy atom. The first-order valence-corrected chi connectivity index (χ1v) is 7.78. The molecule has 1 aromatic rings. The van der Waals surface area contributed by atoms with Crippen LogP contribution in [0.15, 0.2) is 0 Å². The Morgan fingerprint density at radius 1 is 1.20 bits per heavy atom. The van der Waals surface area contributed by atoms with Crippen molar-refractivity contribution >= 4 is 23.5 Å². The molecular formula is C13H21ClN6. The number of rotatable bonds is 4. The summed E-state index contributed by atoms with van der Waals surface area (Å²) >= 11 is 5.94. The van der Waals surface area contributed by atoms with Crippen molar-refractivity contribution in [1.82, 2.24) is 19.9 Å². The molecule has 20 heavy (non-hydrogen) atoms. The lowest BCUT2D eigenvalue weighted by atomic mass is 9.98. The molecule has 6 nitrogen and oxygen atoms in total. The van der Waals surface area contributed by atoms with Crippen molar-refractivity contribution in [2.45, 2.75) is 44.7 Å². The summed E-state index contributed by atoms with van der Waals surface area (Å²) in [5, 5.41) is 6.72. The van der Waals surface area contributed by atoms with Crippen LogP contribution >= 0.6 is 11.6 Å². The van der Waals surface area contributed by atoms with Gasteiger partial charge in [0, 0.05) is 25.2 Å². The summed E-state index contributed by atoms with van der Waals surface area (Å²) in [5.41, 5.74) is 0. The lowest BCUT2D eigenvalue weighted by Gasteiger charge is -2.35. The maximum Gasteiger partial charge on any atom is 0.229 e. The lowest BCUT2D eigenvalue weighted by Crippen LogP contribution is -2.43. The topological polar surface area (TPSA) is 66.0 Å². The number of nitrogens with zero attached hydrogens (tertiary/aromatic N) is 4. The molecule has 110 valence electrons. The molecule has 1 aromatic heterocycles.